The van der Waals surface area contributed by atoms with Crippen LogP contribution in [0.25, 0.3) is 0 Å². The molecule has 2 aromatic heterocycles. The van der Waals surface area contributed by atoms with Crippen LogP contribution in [0, 0.1) is 0 Å². The summed E-state index contributed by atoms with van der Waals surface area (Å²) < 4.78 is 4.77. The van der Waals surface area contributed by atoms with Crippen LogP contribution in [0.2, 0.25) is 0 Å². The van der Waals surface area contributed by atoms with Gasteiger partial charge in [-0.3, -0.25) is 4.79 Å². The SMILES string of the molecule is C[C@@H](Cc1cccs1)NC(=O)c1ccno1. The molecule has 0 aliphatic rings. The molecule has 0 saturated carbocycles. The first-order valence-corrected chi connectivity index (χ1v) is 5.87. The van der Waals surface area contributed by atoms with Crippen molar-refractivity contribution in [1.82, 2.24) is 10.5 Å². The van der Waals surface area contributed by atoms with E-state index in [9.17, 15) is 4.79 Å². The van der Waals surface area contributed by atoms with Crippen LogP contribution in [0.5, 0.6) is 0 Å². The molecule has 1 amide bonds. The highest BCUT2D eigenvalue weighted by atomic mass is 32.1. The molecule has 2 rings (SSSR count). The third kappa shape index (κ3) is 2.70. The zero-order valence-electron chi connectivity index (χ0n) is 8.84. The number of nitrogens with one attached hydrogen (secondary N) is 1. The highest BCUT2D eigenvalue weighted by Crippen LogP contribution is 2.11. The second-order valence-electron chi connectivity index (χ2n) is 3.53. The molecule has 0 aliphatic heterocycles. The first-order valence-electron chi connectivity index (χ1n) is 4.99. The van der Waals surface area contributed by atoms with Gasteiger partial charge in [0.1, 0.15) is 0 Å². The smallest absolute Gasteiger partial charge is 0.290 e. The van der Waals surface area contributed by atoms with E-state index in [0.717, 1.165) is 6.42 Å². The standard InChI is InChI=1S/C11H12N2O2S/c1-8(7-9-3-2-6-16-9)13-11(14)10-4-5-12-15-10/h2-6,8H,7H2,1H3,(H,13,14)/t8-/m0/s1. The summed E-state index contributed by atoms with van der Waals surface area (Å²) in [6.45, 7) is 1.97. The number of thiophene rings is 1. The van der Waals surface area contributed by atoms with Gasteiger partial charge in [-0.05, 0) is 18.4 Å². The van der Waals surface area contributed by atoms with Crippen molar-refractivity contribution in [3.05, 3.63) is 40.4 Å². The van der Waals surface area contributed by atoms with Crippen molar-refractivity contribution in [1.29, 1.82) is 0 Å². The molecule has 5 heteroatoms. The second-order valence-corrected chi connectivity index (χ2v) is 4.57. The fourth-order valence-electron chi connectivity index (χ4n) is 1.41. The first-order chi connectivity index (χ1) is 7.75. The van der Waals surface area contributed by atoms with Gasteiger partial charge in [0, 0.05) is 23.4 Å². The molecular weight excluding hydrogens is 224 g/mol. The minimum atomic E-state index is -0.221. The molecule has 2 aromatic rings. The molecule has 1 atom stereocenters. The summed E-state index contributed by atoms with van der Waals surface area (Å²) >= 11 is 1.69. The van der Waals surface area contributed by atoms with Gasteiger partial charge < -0.3 is 9.84 Å². The second kappa shape index (κ2) is 4.94. The normalized spacial score (nSPS) is 12.3. The number of nitrogens with zero attached hydrogens (tertiary/aromatic N) is 1. The molecule has 0 bridgehead atoms. The van der Waals surface area contributed by atoms with Gasteiger partial charge in [0.15, 0.2) is 0 Å². The van der Waals surface area contributed by atoms with Crippen molar-refractivity contribution in [2.75, 3.05) is 0 Å². The quantitative estimate of drug-likeness (QED) is 0.884. The number of hydrogen-bond donors (Lipinski definition) is 1. The summed E-state index contributed by atoms with van der Waals surface area (Å²) in [7, 11) is 0. The molecule has 84 valence electrons. The lowest BCUT2D eigenvalue weighted by Gasteiger charge is -2.11. The van der Waals surface area contributed by atoms with Crippen molar-refractivity contribution < 1.29 is 9.32 Å². The van der Waals surface area contributed by atoms with Gasteiger partial charge in [-0.2, -0.15) is 0 Å². The number of hydrogen-bond acceptors (Lipinski definition) is 4. The molecule has 0 saturated heterocycles. The maximum absolute atomic E-state index is 11.6. The zero-order chi connectivity index (χ0) is 11.4. The summed E-state index contributed by atoms with van der Waals surface area (Å²) in [5.74, 6) is 0.0274. The largest absolute Gasteiger partial charge is 0.351 e. The van der Waals surface area contributed by atoms with Gasteiger partial charge in [0.2, 0.25) is 5.76 Å². The van der Waals surface area contributed by atoms with E-state index in [4.69, 9.17) is 4.52 Å². The van der Waals surface area contributed by atoms with Crippen LogP contribution in [-0.2, 0) is 6.42 Å². The lowest BCUT2D eigenvalue weighted by molar-refractivity contribution is 0.0903. The molecule has 0 aromatic carbocycles. The summed E-state index contributed by atoms with van der Waals surface area (Å²) in [4.78, 5) is 12.9. The van der Waals surface area contributed by atoms with Crippen molar-refractivity contribution in [2.45, 2.75) is 19.4 Å². The maximum atomic E-state index is 11.6. The Morgan fingerprint density at radius 3 is 3.12 bits per heavy atom. The Kier molecular flexibility index (Phi) is 3.36. The van der Waals surface area contributed by atoms with Gasteiger partial charge in [-0.15, -0.1) is 11.3 Å². The van der Waals surface area contributed by atoms with E-state index in [2.05, 4.69) is 16.5 Å². The van der Waals surface area contributed by atoms with E-state index in [0.29, 0.717) is 0 Å². The Labute approximate surface area is 97.3 Å². The number of aromatic nitrogens is 1. The Balaban J connectivity index is 1.88. The molecular formula is C11H12N2O2S. The van der Waals surface area contributed by atoms with Crippen molar-refractivity contribution in [3.63, 3.8) is 0 Å². The molecule has 0 aliphatic carbocycles. The van der Waals surface area contributed by atoms with Gasteiger partial charge in [0.25, 0.3) is 5.91 Å². The molecule has 16 heavy (non-hydrogen) atoms. The van der Waals surface area contributed by atoms with E-state index in [1.165, 1.54) is 11.1 Å². The summed E-state index contributed by atoms with van der Waals surface area (Å²) in [6, 6.07) is 5.69. The van der Waals surface area contributed by atoms with E-state index in [1.807, 2.05) is 18.4 Å². The lowest BCUT2D eigenvalue weighted by atomic mass is 10.2. The third-order valence-corrected chi connectivity index (χ3v) is 3.03. The van der Waals surface area contributed by atoms with Crippen LogP contribution in [0.1, 0.15) is 22.4 Å². The summed E-state index contributed by atoms with van der Waals surface area (Å²) in [5.41, 5.74) is 0. The molecule has 2 heterocycles. The molecule has 4 nitrogen and oxygen atoms in total. The van der Waals surface area contributed by atoms with Crippen LogP contribution in [0.15, 0.2) is 34.3 Å². The molecule has 0 radical (unpaired) electrons. The average molecular weight is 236 g/mol. The molecule has 0 fully saturated rings. The van der Waals surface area contributed by atoms with E-state index < -0.39 is 0 Å². The Hall–Kier alpha value is -1.62. The van der Waals surface area contributed by atoms with Crippen LogP contribution in [0.4, 0.5) is 0 Å². The first kappa shape index (κ1) is 10.9. The van der Waals surface area contributed by atoms with Crippen LogP contribution in [-0.4, -0.2) is 17.1 Å². The van der Waals surface area contributed by atoms with Crippen LogP contribution >= 0.6 is 11.3 Å². The summed E-state index contributed by atoms with van der Waals surface area (Å²) in [6.07, 6.45) is 2.29. The minimum absolute atomic E-state index is 0.0799. The van der Waals surface area contributed by atoms with E-state index >= 15 is 0 Å². The van der Waals surface area contributed by atoms with Crippen LogP contribution < -0.4 is 5.32 Å². The van der Waals surface area contributed by atoms with Crippen LogP contribution in [0.3, 0.4) is 0 Å². The summed E-state index contributed by atoms with van der Waals surface area (Å²) in [5, 5.41) is 8.38. The fourth-order valence-corrected chi connectivity index (χ4v) is 2.24. The molecule has 0 unspecified atom stereocenters. The number of rotatable bonds is 4. The minimum Gasteiger partial charge on any atom is -0.351 e. The lowest BCUT2D eigenvalue weighted by Crippen LogP contribution is -2.33. The Morgan fingerprint density at radius 1 is 1.62 bits per heavy atom. The van der Waals surface area contributed by atoms with E-state index in [-0.39, 0.29) is 17.7 Å². The van der Waals surface area contributed by atoms with Gasteiger partial charge >= 0.3 is 0 Å². The topological polar surface area (TPSA) is 55.1 Å². The monoisotopic (exact) mass is 236 g/mol. The zero-order valence-corrected chi connectivity index (χ0v) is 9.66. The van der Waals surface area contributed by atoms with Crippen molar-refractivity contribution >= 4 is 17.2 Å². The maximum Gasteiger partial charge on any atom is 0.290 e. The van der Waals surface area contributed by atoms with Gasteiger partial charge in [0.05, 0.1) is 6.20 Å². The predicted molar refractivity (Wildman–Crippen MR) is 61.5 cm³/mol. The van der Waals surface area contributed by atoms with Gasteiger partial charge in [-0.25, -0.2) is 0 Å². The predicted octanol–water partition coefficient (Wildman–Crippen LogP) is 2.10. The van der Waals surface area contributed by atoms with Gasteiger partial charge in [-0.1, -0.05) is 11.2 Å². The Bertz CT molecular complexity index is 437. The average Bonchev–Trinajstić information content (AvgIpc) is 2.88. The number of carbonyl (C=O) groups is 1. The van der Waals surface area contributed by atoms with E-state index in [1.54, 1.807) is 17.4 Å². The molecule has 0 spiro atoms. The molecule has 1 N–H and O–H groups in total. The number of carbonyl (C=O) groups excluding carboxylic acids is 1. The highest BCUT2D eigenvalue weighted by molar-refractivity contribution is 7.09. The Morgan fingerprint density at radius 2 is 2.50 bits per heavy atom. The van der Waals surface area contributed by atoms with Crippen molar-refractivity contribution in [2.24, 2.45) is 0 Å². The number of amides is 1. The third-order valence-electron chi connectivity index (χ3n) is 2.13. The highest BCUT2D eigenvalue weighted by Gasteiger charge is 2.13. The van der Waals surface area contributed by atoms with Crippen molar-refractivity contribution in [3.8, 4) is 0 Å². The fraction of sp³-hybridized carbons (Fsp3) is 0.273.